The summed E-state index contributed by atoms with van der Waals surface area (Å²) in [6.45, 7) is 5.45. The molecule has 4 heterocycles. The maximum atomic E-state index is 13.3. The summed E-state index contributed by atoms with van der Waals surface area (Å²) in [6.07, 6.45) is 13.3. The van der Waals surface area contributed by atoms with E-state index in [0.717, 1.165) is 27.6 Å². The van der Waals surface area contributed by atoms with Crippen LogP contribution < -0.4 is 30.6 Å². The molecule has 7 rings (SSSR count). The molecule has 23 heteroatoms. The summed E-state index contributed by atoms with van der Waals surface area (Å²) < 4.78 is 113. The number of benzene rings is 3. The van der Waals surface area contributed by atoms with Crippen molar-refractivity contribution < 1.29 is 52.9 Å². The Morgan fingerprint density at radius 3 is 2.39 bits per heavy atom. The summed E-state index contributed by atoms with van der Waals surface area (Å²) in [5, 5.41) is 3.79. The van der Waals surface area contributed by atoms with Gasteiger partial charge in [0.05, 0.1) is 35.1 Å². The number of allylic oxidation sites excluding steroid dienone is 5. The smallest absolute Gasteiger partial charge is 0.294 e. The van der Waals surface area contributed by atoms with Gasteiger partial charge in [-0.1, -0.05) is 48.6 Å². The van der Waals surface area contributed by atoms with Crippen molar-refractivity contribution in [3.63, 3.8) is 0 Å². The molecule has 0 saturated carbocycles. The van der Waals surface area contributed by atoms with Crippen molar-refractivity contribution in [1.29, 1.82) is 0 Å². The third kappa shape index (κ3) is 13.6. The SMILES string of the molecule is CC[N+](CCCS(=O)(=O)O)=c1ccc2c(\C=C/C=C/C=C3/N(CCCS(=O)(=O)O)c4ccc(S(=O)(=O)O)cc4C3(C)CCCC(=O)NCc3ccc(COc4nc(N)nc5nc[nH]c45)cc3)ccoc-2c1. The fraction of sp³-hybridized carbons (Fsp3) is 0.312. The van der Waals surface area contributed by atoms with Gasteiger partial charge < -0.3 is 30.1 Å². The van der Waals surface area contributed by atoms with Crippen LogP contribution in [0.25, 0.3) is 28.6 Å². The van der Waals surface area contributed by atoms with E-state index >= 15 is 0 Å². The Morgan fingerprint density at radius 2 is 1.66 bits per heavy atom. The summed E-state index contributed by atoms with van der Waals surface area (Å²) >= 11 is 0. The van der Waals surface area contributed by atoms with Crippen LogP contribution in [-0.2, 0) is 53.7 Å². The second kappa shape index (κ2) is 22.1. The van der Waals surface area contributed by atoms with Gasteiger partial charge in [-0.2, -0.15) is 35.2 Å². The van der Waals surface area contributed by atoms with Crippen LogP contribution in [0.5, 0.6) is 5.88 Å². The van der Waals surface area contributed by atoms with Gasteiger partial charge in [-0.25, -0.2) is 9.56 Å². The number of nitrogens with one attached hydrogen (secondary N) is 2. The van der Waals surface area contributed by atoms with Crippen LogP contribution >= 0.6 is 0 Å². The van der Waals surface area contributed by atoms with E-state index in [1.807, 2.05) is 90.1 Å². The van der Waals surface area contributed by atoms with Gasteiger partial charge in [0.15, 0.2) is 5.65 Å². The standard InChI is InChI=1S/C48H54N8O12S3/c1-3-55(23-8-26-69(58,59)60)36-17-19-38-35(21-25-67-41(38)28-36)10-5-4-6-11-42-48(2,39-29-37(71(64,65)66)18-20-40(39)56(42)24-9-27-70(61,62)63)22-7-12-43(57)50-30-33-13-15-34(16-14-33)31-68-46-44-45(52-32-51-44)53-47(49)54-46/h4-6,10-11,13-21,25,28-29,32H,3,7-9,12,22-24,26-27,30-31H2,1-2H3,(H6-,49,50,51,52,53,54,57,58,59,60,61,62,63,64,65,66)/p+1. The molecule has 0 radical (unpaired) electrons. The first-order valence-electron chi connectivity index (χ1n) is 22.6. The zero-order chi connectivity index (χ0) is 51.0. The molecule has 2 aromatic carbocycles. The molecule has 2 aromatic heterocycles. The number of carbonyl (C=O) groups is 1. The van der Waals surface area contributed by atoms with E-state index in [0.29, 0.717) is 59.8 Å². The Labute approximate surface area is 411 Å². The Balaban J connectivity index is 1.07. The van der Waals surface area contributed by atoms with Crippen LogP contribution in [0.2, 0.25) is 0 Å². The number of nitrogens with zero attached hydrogens (tertiary/aromatic N) is 5. The van der Waals surface area contributed by atoms with Crippen LogP contribution in [0, 0.1) is 0 Å². The van der Waals surface area contributed by atoms with Gasteiger partial charge in [-0.15, -0.1) is 0 Å². The molecular formula is C48H55N8O12S3+. The molecule has 0 saturated heterocycles. The highest BCUT2D eigenvalue weighted by molar-refractivity contribution is 7.86. The number of ether oxygens (including phenoxy) is 1. The lowest BCUT2D eigenvalue weighted by Gasteiger charge is -2.30. The molecule has 2 aliphatic heterocycles. The molecule has 1 aliphatic carbocycles. The number of hydrogen-bond acceptors (Lipinski definition) is 14. The number of nitrogens with two attached hydrogens (primary N) is 1. The van der Waals surface area contributed by atoms with E-state index in [9.17, 15) is 39.2 Å². The Kier molecular flexibility index (Phi) is 16.2. The zero-order valence-corrected chi connectivity index (χ0v) is 41.4. The molecule has 0 spiro atoms. The van der Waals surface area contributed by atoms with Gasteiger partial charge in [0.25, 0.3) is 30.4 Å². The van der Waals surface area contributed by atoms with Gasteiger partial charge in [-0.3, -0.25) is 18.5 Å². The molecule has 0 fully saturated rings. The van der Waals surface area contributed by atoms with Crippen LogP contribution in [-0.4, -0.2) is 95.9 Å². The van der Waals surface area contributed by atoms with E-state index < -0.39 is 41.5 Å². The second-order valence-electron chi connectivity index (χ2n) is 17.1. The van der Waals surface area contributed by atoms with Crippen LogP contribution in [0.3, 0.4) is 0 Å². The summed E-state index contributed by atoms with van der Waals surface area (Å²) in [7, 11) is -13.0. The molecule has 3 aliphatic rings. The van der Waals surface area contributed by atoms with Crippen molar-refractivity contribution >= 4 is 65.1 Å². The normalized spacial score (nSPS) is 16.4. The molecule has 0 bridgehead atoms. The summed E-state index contributed by atoms with van der Waals surface area (Å²) in [4.78, 5) is 30.1. The largest absolute Gasteiger partial charge is 0.471 e. The number of aromatic nitrogens is 4. The minimum Gasteiger partial charge on any atom is -0.471 e. The first-order valence-corrected chi connectivity index (χ1v) is 27.3. The number of anilines is 2. The van der Waals surface area contributed by atoms with Crippen LogP contribution in [0.15, 0.2) is 119 Å². The van der Waals surface area contributed by atoms with Gasteiger partial charge in [-0.05, 0) is 91.8 Å². The third-order valence-corrected chi connectivity index (χ3v) is 14.5. The molecule has 20 nitrogen and oxygen atoms in total. The van der Waals surface area contributed by atoms with Crippen LogP contribution in [0.4, 0.5) is 11.6 Å². The number of carbonyl (C=O) groups excluding carboxylic acids is 1. The van der Waals surface area contributed by atoms with Crippen molar-refractivity contribution in [3.05, 3.63) is 137 Å². The average molecular weight is 1030 g/mol. The summed E-state index contributed by atoms with van der Waals surface area (Å²) in [5.74, 6) is -0.164. The minimum atomic E-state index is -4.62. The van der Waals surface area contributed by atoms with Gasteiger partial charge >= 0.3 is 0 Å². The van der Waals surface area contributed by atoms with Crippen molar-refractivity contribution in [2.45, 2.75) is 69.4 Å². The lowest BCUT2D eigenvalue weighted by molar-refractivity contribution is -0.121. The fourth-order valence-electron chi connectivity index (χ4n) is 8.56. The Bertz CT molecular complexity index is 3390. The molecule has 7 N–H and O–H groups in total. The molecule has 1 atom stereocenters. The quantitative estimate of drug-likeness (QED) is 0.0277. The monoisotopic (exact) mass is 1030 g/mol. The highest BCUT2D eigenvalue weighted by Crippen LogP contribution is 2.51. The Hall–Kier alpha value is -6.76. The third-order valence-electron chi connectivity index (χ3n) is 12.1. The molecular weight excluding hydrogens is 977 g/mol. The first kappa shape index (κ1) is 52.1. The van der Waals surface area contributed by atoms with E-state index in [4.69, 9.17) is 19.4 Å². The highest BCUT2D eigenvalue weighted by Gasteiger charge is 2.43. The number of amides is 1. The zero-order valence-electron chi connectivity index (χ0n) is 38.9. The molecule has 1 amide bonds. The number of H-pyrrole nitrogens is 1. The lowest BCUT2D eigenvalue weighted by Crippen LogP contribution is -2.31. The fourth-order valence-corrected chi connectivity index (χ4v) is 10.1. The van der Waals surface area contributed by atoms with Crippen molar-refractivity contribution in [3.8, 4) is 17.2 Å². The van der Waals surface area contributed by atoms with E-state index in [-0.39, 0.29) is 67.3 Å². The van der Waals surface area contributed by atoms with E-state index in [2.05, 4.69) is 25.3 Å². The topological polar surface area (TPSA) is 301 Å². The molecule has 71 heavy (non-hydrogen) atoms. The number of rotatable bonds is 22. The highest BCUT2D eigenvalue weighted by atomic mass is 32.2. The number of hydrogen-bond donors (Lipinski definition) is 6. The predicted octanol–water partition coefficient (Wildman–Crippen LogP) is 5.52. The average Bonchev–Trinajstić information content (AvgIpc) is 3.88. The summed E-state index contributed by atoms with van der Waals surface area (Å²) in [6, 6.07) is 19.2. The number of imidazole rings is 1. The van der Waals surface area contributed by atoms with Crippen LogP contribution in [0.1, 0.15) is 68.2 Å². The number of fused-ring (bicyclic) bond motifs is 3. The maximum absolute atomic E-state index is 13.3. The summed E-state index contributed by atoms with van der Waals surface area (Å²) in [5.41, 5.74) is 10.9. The van der Waals surface area contributed by atoms with E-state index in [1.165, 1.54) is 18.5 Å². The predicted molar refractivity (Wildman–Crippen MR) is 268 cm³/mol. The first-order chi connectivity index (χ1) is 33.7. The number of aromatic amines is 1. The van der Waals surface area contributed by atoms with E-state index in [1.54, 1.807) is 24.5 Å². The molecule has 4 aromatic rings. The minimum absolute atomic E-state index is 0.0337. The van der Waals surface area contributed by atoms with Crippen molar-refractivity contribution in [2.75, 3.05) is 41.8 Å². The molecule has 376 valence electrons. The molecule has 1 unspecified atom stereocenters. The van der Waals surface area contributed by atoms with Gasteiger partial charge in [0.1, 0.15) is 31.0 Å². The number of nitrogen functional groups attached to an aromatic ring is 1. The maximum Gasteiger partial charge on any atom is 0.294 e. The lowest BCUT2D eigenvalue weighted by atomic mass is 9.77. The van der Waals surface area contributed by atoms with Gasteiger partial charge in [0, 0.05) is 54.4 Å². The Morgan fingerprint density at radius 1 is 0.915 bits per heavy atom. The van der Waals surface area contributed by atoms with Crippen molar-refractivity contribution in [2.24, 2.45) is 0 Å². The van der Waals surface area contributed by atoms with Gasteiger partial charge in [0.2, 0.25) is 23.1 Å². The second-order valence-corrected chi connectivity index (χ2v) is 21.6. The van der Waals surface area contributed by atoms with Crippen molar-refractivity contribution in [1.82, 2.24) is 29.8 Å².